The molecule has 1 unspecified atom stereocenters. The van der Waals surface area contributed by atoms with Crippen LogP contribution < -0.4 is 10.1 Å². The van der Waals surface area contributed by atoms with Gasteiger partial charge in [-0.05, 0) is 61.1 Å². The van der Waals surface area contributed by atoms with Crippen LogP contribution in [-0.4, -0.2) is 59.8 Å². The van der Waals surface area contributed by atoms with Gasteiger partial charge in [0.2, 0.25) is 11.8 Å². The molecule has 2 fully saturated rings. The molecular weight excluding hydrogens is 494 g/mol. The van der Waals surface area contributed by atoms with Gasteiger partial charge in [-0.25, -0.2) is 0 Å². The number of carbonyl (C=O) groups excluding carboxylic acids is 3. The molecule has 1 spiro atoms. The van der Waals surface area contributed by atoms with Crippen molar-refractivity contribution in [3.63, 3.8) is 0 Å². The summed E-state index contributed by atoms with van der Waals surface area (Å²) < 4.78 is 12.4. The van der Waals surface area contributed by atoms with Crippen LogP contribution in [0.2, 0.25) is 5.02 Å². The average Bonchev–Trinajstić information content (AvgIpc) is 3.41. The Morgan fingerprint density at radius 3 is 2.78 bits per heavy atom. The van der Waals surface area contributed by atoms with Crippen molar-refractivity contribution in [1.29, 1.82) is 0 Å². The number of nitrogens with zero attached hydrogens (tertiary/aromatic N) is 2. The third-order valence-corrected chi connectivity index (χ3v) is 8.38. The zero-order valence-electron chi connectivity index (χ0n) is 20.6. The molecule has 1 N–H and O–H groups in total. The maximum Gasteiger partial charge on any atom is 0.255 e. The average molecular weight is 524 g/mol. The van der Waals surface area contributed by atoms with E-state index in [1.165, 1.54) is 11.1 Å². The molecule has 0 bridgehead atoms. The third kappa shape index (κ3) is 4.51. The van der Waals surface area contributed by atoms with Gasteiger partial charge in [0.1, 0.15) is 11.8 Å². The lowest BCUT2D eigenvalue weighted by Gasteiger charge is -2.39. The van der Waals surface area contributed by atoms with Gasteiger partial charge in [0.15, 0.2) is 0 Å². The minimum atomic E-state index is -0.625. The monoisotopic (exact) mass is 523 g/mol. The number of amides is 3. The van der Waals surface area contributed by atoms with Crippen LogP contribution in [0.5, 0.6) is 5.75 Å². The first-order chi connectivity index (χ1) is 17.9. The van der Waals surface area contributed by atoms with Crippen molar-refractivity contribution < 1.29 is 23.9 Å². The summed E-state index contributed by atoms with van der Waals surface area (Å²) in [5, 5.41) is 3.10. The van der Waals surface area contributed by atoms with Gasteiger partial charge >= 0.3 is 0 Å². The predicted molar refractivity (Wildman–Crippen MR) is 136 cm³/mol. The highest BCUT2D eigenvalue weighted by molar-refractivity contribution is 6.30. The molecule has 4 aliphatic heterocycles. The molecule has 0 saturated carbocycles. The number of fused-ring (bicyclic) bond motifs is 3. The molecule has 4 heterocycles. The smallest absolute Gasteiger partial charge is 0.255 e. The van der Waals surface area contributed by atoms with Crippen LogP contribution in [0.4, 0.5) is 0 Å². The maximum absolute atomic E-state index is 13.0. The molecule has 0 aromatic heterocycles. The normalized spacial score (nSPS) is 22.8. The lowest BCUT2D eigenvalue weighted by Crippen LogP contribution is -2.52. The second-order valence-electron chi connectivity index (χ2n) is 10.3. The number of hydrogen-bond acceptors (Lipinski definition) is 6. The van der Waals surface area contributed by atoms with Crippen molar-refractivity contribution in [3.8, 4) is 5.75 Å². The molecule has 37 heavy (non-hydrogen) atoms. The molecule has 2 aromatic rings. The summed E-state index contributed by atoms with van der Waals surface area (Å²) in [6, 6.07) is 10.9. The van der Waals surface area contributed by atoms with Crippen LogP contribution in [0.15, 0.2) is 36.4 Å². The Morgan fingerprint density at radius 2 is 1.97 bits per heavy atom. The summed E-state index contributed by atoms with van der Waals surface area (Å²) in [5.74, 6) is -0.193. The Labute approximate surface area is 220 Å². The fourth-order valence-electron chi connectivity index (χ4n) is 6.11. The molecule has 194 valence electrons. The SMILES string of the molecule is O=C1CCC(N2Cc3c(OCCCN4CCC5(CC4)OCc4ccc(Cl)cc45)cccc3C2=O)C(=O)N1. The predicted octanol–water partition coefficient (Wildman–Crippen LogP) is 3.39. The maximum atomic E-state index is 13.0. The summed E-state index contributed by atoms with van der Waals surface area (Å²) in [6.45, 7) is 4.36. The molecule has 2 saturated heterocycles. The van der Waals surface area contributed by atoms with Crippen LogP contribution in [0.3, 0.4) is 0 Å². The van der Waals surface area contributed by atoms with Crippen molar-refractivity contribution in [1.82, 2.24) is 15.1 Å². The van der Waals surface area contributed by atoms with Crippen molar-refractivity contribution in [2.24, 2.45) is 0 Å². The summed E-state index contributed by atoms with van der Waals surface area (Å²) in [7, 11) is 0. The fraction of sp³-hybridized carbons (Fsp3) is 0.464. The lowest BCUT2D eigenvalue weighted by atomic mass is 9.84. The first kappa shape index (κ1) is 24.4. The van der Waals surface area contributed by atoms with Crippen LogP contribution in [-0.2, 0) is 33.1 Å². The van der Waals surface area contributed by atoms with E-state index in [9.17, 15) is 14.4 Å². The van der Waals surface area contributed by atoms with Crippen molar-refractivity contribution in [2.75, 3.05) is 26.2 Å². The molecule has 6 rings (SSSR count). The van der Waals surface area contributed by atoms with E-state index in [0.717, 1.165) is 49.5 Å². The zero-order valence-corrected chi connectivity index (χ0v) is 21.4. The van der Waals surface area contributed by atoms with Crippen LogP contribution >= 0.6 is 11.6 Å². The van der Waals surface area contributed by atoms with Gasteiger partial charge in [-0.2, -0.15) is 0 Å². The highest BCUT2D eigenvalue weighted by Gasteiger charge is 2.43. The van der Waals surface area contributed by atoms with Gasteiger partial charge in [-0.15, -0.1) is 0 Å². The van der Waals surface area contributed by atoms with Crippen LogP contribution in [0.1, 0.15) is 59.2 Å². The molecule has 2 aromatic carbocycles. The molecule has 8 nitrogen and oxygen atoms in total. The molecule has 0 aliphatic carbocycles. The molecule has 9 heteroatoms. The number of rotatable bonds is 6. The second-order valence-corrected chi connectivity index (χ2v) is 10.7. The molecule has 1 atom stereocenters. The summed E-state index contributed by atoms with van der Waals surface area (Å²) in [5.41, 5.74) is 3.67. The van der Waals surface area contributed by atoms with Gasteiger partial charge < -0.3 is 19.3 Å². The van der Waals surface area contributed by atoms with E-state index in [-0.39, 0.29) is 23.8 Å². The number of ether oxygens (including phenoxy) is 2. The van der Waals surface area contributed by atoms with Crippen molar-refractivity contribution in [2.45, 2.75) is 56.9 Å². The van der Waals surface area contributed by atoms with E-state index < -0.39 is 11.9 Å². The summed E-state index contributed by atoms with van der Waals surface area (Å²) in [6.07, 6.45) is 3.35. The Kier molecular flexibility index (Phi) is 6.42. The first-order valence-electron chi connectivity index (χ1n) is 13.0. The summed E-state index contributed by atoms with van der Waals surface area (Å²) in [4.78, 5) is 40.8. The van der Waals surface area contributed by atoms with Gasteiger partial charge in [0.25, 0.3) is 5.91 Å². The third-order valence-electron chi connectivity index (χ3n) is 8.15. The molecule has 0 radical (unpaired) electrons. The number of nitrogens with one attached hydrogen (secondary N) is 1. The number of likely N-dealkylation sites (tertiary alicyclic amines) is 1. The quantitative estimate of drug-likeness (QED) is 0.461. The topological polar surface area (TPSA) is 88.2 Å². The Hall–Kier alpha value is -2.94. The van der Waals surface area contributed by atoms with E-state index in [4.69, 9.17) is 21.1 Å². The van der Waals surface area contributed by atoms with E-state index >= 15 is 0 Å². The zero-order chi connectivity index (χ0) is 25.6. The van der Waals surface area contributed by atoms with Gasteiger partial charge in [0.05, 0.1) is 25.4 Å². The fourth-order valence-corrected chi connectivity index (χ4v) is 6.28. The molecular formula is C28H30ClN3O5. The first-order valence-corrected chi connectivity index (χ1v) is 13.4. The number of hydrogen-bond donors (Lipinski definition) is 1. The second kappa shape index (κ2) is 9.74. The number of piperidine rings is 2. The summed E-state index contributed by atoms with van der Waals surface area (Å²) >= 11 is 6.26. The Balaban J connectivity index is 1.01. The van der Waals surface area contributed by atoms with Crippen molar-refractivity contribution in [3.05, 3.63) is 63.7 Å². The largest absolute Gasteiger partial charge is 0.493 e. The Bertz CT molecular complexity index is 1260. The van der Waals surface area contributed by atoms with E-state index in [1.54, 1.807) is 11.0 Å². The minimum Gasteiger partial charge on any atom is -0.493 e. The van der Waals surface area contributed by atoms with Crippen LogP contribution in [0.25, 0.3) is 0 Å². The number of imide groups is 1. The molecule has 4 aliphatic rings. The number of carbonyl (C=O) groups is 3. The number of halogens is 1. The number of benzene rings is 2. The van der Waals surface area contributed by atoms with Gasteiger partial charge in [-0.1, -0.05) is 23.7 Å². The van der Waals surface area contributed by atoms with Crippen LogP contribution in [0, 0.1) is 0 Å². The van der Waals surface area contributed by atoms with E-state index in [1.807, 2.05) is 18.2 Å². The minimum absolute atomic E-state index is 0.186. The van der Waals surface area contributed by atoms with Gasteiger partial charge in [-0.3, -0.25) is 19.7 Å². The van der Waals surface area contributed by atoms with E-state index in [0.29, 0.717) is 37.5 Å². The Morgan fingerprint density at radius 1 is 1.14 bits per heavy atom. The van der Waals surface area contributed by atoms with E-state index in [2.05, 4.69) is 22.3 Å². The highest BCUT2D eigenvalue weighted by Crippen LogP contribution is 2.45. The highest BCUT2D eigenvalue weighted by atomic mass is 35.5. The lowest BCUT2D eigenvalue weighted by molar-refractivity contribution is -0.136. The van der Waals surface area contributed by atoms with Gasteiger partial charge in [0, 0.05) is 42.2 Å². The molecule has 3 amide bonds. The van der Waals surface area contributed by atoms with Crippen molar-refractivity contribution >= 4 is 29.3 Å². The standard InChI is InChI=1S/C28H30ClN3O5/c29-19-6-5-18-17-37-28(22(18)15-19)9-12-31(13-10-28)11-2-14-36-24-4-1-3-20-21(24)16-32(27(20)35)23-7-8-25(33)30-26(23)34/h1,3-6,15,23H,2,7-14,16-17H2,(H,30,33,34).